The molecule has 1 aliphatic heterocycles. The number of nitrogens with zero attached hydrogens (tertiary/aromatic N) is 2. The number of carbonyl (C=O) groups is 1. The molecule has 0 aliphatic carbocycles. The molecule has 7 heteroatoms. The Balaban J connectivity index is 1.83. The second-order valence-electron chi connectivity index (χ2n) is 6.55. The normalized spacial score (nSPS) is 17.9. The molecule has 3 aromatic rings. The first kappa shape index (κ1) is 18.5. The van der Waals surface area contributed by atoms with E-state index in [0.717, 1.165) is 28.0 Å². The van der Waals surface area contributed by atoms with Gasteiger partial charge in [-0.25, -0.2) is 15.1 Å². The summed E-state index contributed by atoms with van der Waals surface area (Å²) in [5, 5.41) is 11.3. The van der Waals surface area contributed by atoms with Crippen molar-refractivity contribution >= 4 is 12.1 Å². The summed E-state index contributed by atoms with van der Waals surface area (Å²) in [6.45, 7) is 0.172. The Morgan fingerprint density at radius 3 is 2.59 bits per heavy atom. The fourth-order valence-electron chi connectivity index (χ4n) is 3.38. The molecule has 1 unspecified atom stereocenters. The fourth-order valence-corrected chi connectivity index (χ4v) is 3.38. The zero-order valence-electron chi connectivity index (χ0n) is 15.7. The van der Waals surface area contributed by atoms with Gasteiger partial charge in [-0.2, -0.15) is 0 Å². The van der Waals surface area contributed by atoms with E-state index < -0.39 is 11.6 Å². The van der Waals surface area contributed by atoms with Gasteiger partial charge < -0.3 is 14.6 Å². The van der Waals surface area contributed by atoms with Crippen molar-refractivity contribution in [2.75, 3.05) is 13.7 Å². The SMILES string of the molecule is COc1ccc(C2(c3cccc(-c4cccnc4)c3)COC(NC(=O)O)=N2)cc1. The smallest absolute Gasteiger partial charge is 0.412 e. The van der Waals surface area contributed by atoms with Gasteiger partial charge in [-0.3, -0.25) is 4.98 Å². The molecule has 0 fully saturated rings. The third-order valence-corrected chi connectivity index (χ3v) is 4.83. The maximum absolute atomic E-state index is 11.1. The molecule has 0 saturated heterocycles. The number of rotatable bonds is 4. The topological polar surface area (TPSA) is 93.0 Å². The van der Waals surface area contributed by atoms with Gasteiger partial charge in [-0.15, -0.1) is 0 Å². The van der Waals surface area contributed by atoms with Crippen molar-refractivity contribution in [3.63, 3.8) is 0 Å². The van der Waals surface area contributed by atoms with Crippen LogP contribution in [0.25, 0.3) is 11.1 Å². The summed E-state index contributed by atoms with van der Waals surface area (Å²) in [5.41, 5.74) is 2.82. The molecule has 1 aliphatic rings. The molecule has 2 N–H and O–H groups in total. The average molecular weight is 389 g/mol. The van der Waals surface area contributed by atoms with Crippen LogP contribution in [0, 0.1) is 0 Å². The molecule has 1 atom stereocenters. The van der Waals surface area contributed by atoms with Crippen LogP contribution in [0.5, 0.6) is 5.75 Å². The van der Waals surface area contributed by atoms with Crippen LogP contribution in [0.2, 0.25) is 0 Å². The van der Waals surface area contributed by atoms with E-state index in [1.165, 1.54) is 0 Å². The number of nitrogens with one attached hydrogen (secondary N) is 1. The summed E-state index contributed by atoms with van der Waals surface area (Å²) in [6, 6.07) is 19.3. The highest BCUT2D eigenvalue weighted by Crippen LogP contribution is 2.39. The average Bonchev–Trinajstić information content (AvgIpc) is 3.19. The second-order valence-corrected chi connectivity index (χ2v) is 6.55. The highest BCUT2D eigenvalue weighted by molar-refractivity contribution is 5.91. The maximum Gasteiger partial charge on any atom is 0.412 e. The van der Waals surface area contributed by atoms with Gasteiger partial charge >= 0.3 is 6.09 Å². The van der Waals surface area contributed by atoms with Crippen LogP contribution in [0.4, 0.5) is 4.79 Å². The Kier molecular flexibility index (Phi) is 4.87. The van der Waals surface area contributed by atoms with Gasteiger partial charge in [-0.1, -0.05) is 36.4 Å². The highest BCUT2D eigenvalue weighted by atomic mass is 16.5. The largest absolute Gasteiger partial charge is 0.497 e. The molecule has 1 aromatic heterocycles. The lowest BCUT2D eigenvalue weighted by atomic mass is 9.83. The Labute approximate surface area is 167 Å². The van der Waals surface area contributed by atoms with Crippen LogP contribution in [0.3, 0.4) is 0 Å². The first-order chi connectivity index (χ1) is 14.1. The number of aliphatic imine (C=N–C) groups is 1. The van der Waals surface area contributed by atoms with Crippen molar-refractivity contribution < 1.29 is 19.4 Å². The molecule has 0 saturated carbocycles. The van der Waals surface area contributed by atoms with E-state index in [1.807, 2.05) is 60.7 Å². The van der Waals surface area contributed by atoms with E-state index in [9.17, 15) is 4.79 Å². The number of aromatic nitrogens is 1. The Morgan fingerprint density at radius 1 is 1.10 bits per heavy atom. The Morgan fingerprint density at radius 2 is 1.90 bits per heavy atom. The van der Waals surface area contributed by atoms with E-state index in [2.05, 4.69) is 15.3 Å². The maximum atomic E-state index is 11.1. The lowest BCUT2D eigenvalue weighted by molar-refractivity contribution is 0.195. The van der Waals surface area contributed by atoms with Gasteiger partial charge in [0.15, 0.2) is 5.54 Å². The van der Waals surface area contributed by atoms with Gasteiger partial charge in [0.2, 0.25) is 0 Å². The summed E-state index contributed by atoms with van der Waals surface area (Å²) in [6.07, 6.45) is 2.30. The summed E-state index contributed by atoms with van der Waals surface area (Å²) >= 11 is 0. The minimum atomic E-state index is -1.22. The molecule has 7 nitrogen and oxygen atoms in total. The quantitative estimate of drug-likeness (QED) is 0.710. The molecule has 2 heterocycles. The second kappa shape index (κ2) is 7.63. The number of hydrogen-bond acceptors (Lipinski definition) is 5. The van der Waals surface area contributed by atoms with Gasteiger partial charge in [-0.05, 0) is 46.5 Å². The summed E-state index contributed by atoms with van der Waals surface area (Å²) in [4.78, 5) is 19.9. The third kappa shape index (κ3) is 3.62. The zero-order valence-corrected chi connectivity index (χ0v) is 15.7. The van der Waals surface area contributed by atoms with E-state index in [0.29, 0.717) is 0 Å². The monoisotopic (exact) mass is 389 g/mol. The number of benzene rings is 2. The number of amides is 1. The molecule has 146 valence electrons. The predicted molar refractivity (Wildman–Crippen MR) is 108 cm³/mol. The van der Waals surface area contributed by atoms with E-state index >= 15 is 0 Å². The zero-order chi connectivity index (χ0) is 20.3. The number of ether oxygens (including phenoxy) is 2. The Hall–Kier alpha value is -3.87. The van der Waals surface area contributed by atoms with Crippen LogP contribution in [-0.4, -0.2) is 35.9 Å². The van der Waals surface area contributed by atoms with Crippen LogP contribution in [0.15, 0.2) is 78.0 Å². The third-order valence-electron chi connectivity index (χ3n) is 4.83. The molecule has 0 spiro atoms. The van der Waals surface area contributed by atoms with Crippen molar-refractivity contribution in [1.29, 1.82) is 0 Å². The number of pyridine rings is 1. The van der Waals surface area contributed by atoms with E-state index in [1.54, 1.807) is 19.5 Å². The number of methoxy groups -OCH3 is 1. The fraction of sp³-hybridized carbons (Fsp3) is 0.136. The number of hydrogen-bond donors (Lipinski definition) is 2. The number of carboxylic acid groups (broad SMARTS) is 1. The van der Waals surface area contributed by atoms with Crippen molar-refractivity contribution in [1.82, 2.24) is 10.3 Å². The molecular formula is C22H19N3O4. The molecule has 1 amide bonds. The molecule has 2 aromatic carbocycles. The van der Waals surface area contributed by atoms with Crippen LogP contribution < -0.4 is 10.1 Å². The summed E-state index contributed by atoms with van der Waals surface area (Å²) < 4.78 is 10.9. The Bertz CT molecular complexity index is 1050. The van der Waals surface area contributed by atoms with Crippen LogP contribution >= 0.6 is 0 Å². The summed E-state index contributed by atoms with van der Waals surface area (Å²) in [7, 11) is 1.61. The van der Waals surface area contributed by atoms with Gasteiger partial charge in [0.1, 0.15) is 12.4 Å². The minimum Gasteiger partial charge on any atom is -0.497 e. The summed E-state index contributed by atoms with van der Waals surface area (Å²) in [5.74, 6) is 0.722. The lowest BCUT2D eigenvalue weighted by Crippen LogP contribution is -2.28. The molecule has 29 heavy (non-hydrogen) atoms. The van der Waals surface area contributed by atoms with Crippen molar-refractivity contribution in [2.45, 2.75) is 5.54 Å². The predicted octanol–water partition coefficient (Wildman–Crippen LogP) is 3.65. The minimum absolute atomic E-state index is 0.0277. The van der Waals surface area contributed by atoms with Gasteiger partial charge in [0.05, 0.1) is 7.11 Å². The van der Waals surface area contributed by atoms with Crippen molar-refractivity contribution in [3.05, 3.63) is 84.2 Å². The van der Waals surface area contributed by atoms with Crippen molar-refractivity contribution in [3.8, 4) is 16.9 Å². The number of amidine groups is 1. The first-order valence-electron chi connectivity index (χ1n) is 8.99. The van der Waals surface area contributed by atoms with Gasteiger partial charge in [0, 0.05) is 12.4 Å². The van der Waals surface area contributed by atoms with Crippen LogP contribution in [0.1, 0.15) is 11.1 Å². The molecular weight excluding hydrogens is 370 g/mol. The molecule has 0 radical (unpaired) electrons. The first-order valence-corrected chi connectivity index (χ1v) is 8.99. The standard InChI is InChI=1S/C22H19N3O4/c1-28-19-9-7-17(8-10-19)22(14-29-20(25-22)24-21(26)27)18-6-2-4-15(12-18)16-5-3-11-23-13-16/h2-13H,14H2,1H3,(H,24,25)(H,26,27). The van der Waals surface area contributed by atoms with Crippen LogP contribution in [-0.2, 0) is 10.3 Å². The van der Waals surface area contributed by atoms with Crippen molar-refractivity contribution in [2.24, 2.45) is 4.99 Å². The van der Waals surface area contributed by atoms with E-state index in [4.69, 9.17) is 14.6 Å². The molecule has 0 bridgehead atoms. The van der Waals surface area contributed by atoms with Gasteiger partial charge in [0.25, 0.3) is 6.02 Å². The lowest BCUT2D eigenvalue weighted by Gasteiger charge is -2.26. The van der Waals surface area contributed by atoms with E-state index in [-0.39, 0.29) is 12.6 Å². The molecule has 4 rings (SSSR count). The highest BCUT2D eigenvalue weighted by Gasteiger charge is 2.41.